The van der Waals surface area contributed by atoms with Gasteiger partial charge in [-0.25, -0.2) is 4.98 Å². The molecule has 2 rings (SSSR count). The summed E-state index contributed by atoms with van der Waals surface area (Å²) < 4.78 is 49.2. The van der Waals surface area contributed by atoms with Crippen LogP contribution < -0.4 is 9.47 Å². The van der Waals surface area contributed by atoms with Crippen LogP contribution >= 0.6 is 31.9 Å². The minimum atomic E-state index is -4.41. The van der Waals surface area contributed by atoms with E-state index in [1.165, 1.54) is 18.2 Å². The Morgan fingerprint density at radius 3 is 2.21 bits per heavy atom. The molecule has 1 aromatic heterocycles. The Balaban J connectivity index is 1.78. The summed E-state index contributed by atoms with van der Waals surface area (Å²) in [5.41, 5.74) is -0.819. The summed E-state index contributed by atoms with van der Waals surface area (Å²) in [5.74, 6) is 0.758. The Morgan fingerprint density at radius 2 is 1.67 bits per heavy atom. The predicted octanol–water partition coefficient (Wildman–Crippen LogP) is 5.18. The van der Waals surface area contributed by atoms with Gasteiger partial charge in [-0.15, -0.1) is 0 Å². The van der Waals surface area contributed by atoms with Crippen molar-refractivity contribution in [2.75, 3.05) is 13.2 Å². The number of halogens is 5. The highest BCUT2D eigenvalue weighted by Crippen LogP contribution is 2.37. The monoisotopic (exact) mass is 469 g/mol. The molecule has 4 nitrogen and oxygen atoms in total. The van der Waals surface area contributed by atoms with Crippen molar-refractivity contribution in [2.45, 2.75) is 12.6 Å². The molecule has 0 fully saturated rings. The van der Waals surface area contributed by atoms with Gasteiger partial charge in [0.05, 0.1) is 27.7 Å². The Labute approximate surface area is 152 Å². The molecular weight excluding hydrogens is 459 g/mol. The molecule has 1 heterocycles. The molecule has 0 amide bonds. The van der Waals surface area contributed by atoms with Crippen LogP contribution in [0.3, 0.4) is 0 Å². The van der Waals surface area contributed by atoms with E-state index in [4.69, 9.17) is 9.47 Å². The van der Waals surface area contributed by atoms with E-state index in [0.29, 0.717) is 27.7 Å². The number of rotatable bonds is 6. The van der Waals surface area contributed by atoms with Crippen molar-refractivity contribution in [3.8, 4) is 17.4 Å². The minimum absolute atomic E-state index is 0.0952. The summed E-state index contributed by atoms with van der Waals surface area (Å²) in [7, 11) is 0. The molecule has 0 unspecified atom stereocenters. The molecule has 0 saturated heterocycles. The van der Waals surface area contributed by atoms with Crippen LogP contribution in [0.2, 0.25) is 0 Å². The average molecular weight is 471 g/mol. The quantitative estimate of drug-likeness (QED) is 0.591. The normalized spacial score (nSPS) is 11.4. The largest absolute Gasteiger partial charge is 0.508 e. The third-order valence-electron chi connectivity index (χ3n) is 2.83. The predicted molar refractivity (Wildman–Crippen MR) is 88.4 cm³/mol. The van der Waals surface area contributed by atoms with E-state index in [0.717, 1.165) is 12.3 Å². The number of benzene rings is 1. The Bertz CT molecular complexity index is 670. The van der Waals surface area contributed by atoms with Crippen molar-refractivity contribution in [2.24, 2.45) is 0 Å². The zero-order chi connectivity index (χ0) is 17.7. The highest BCUT2D eigenvalue weighted by Gasteiger charge is 2.30. The highest BCUT2D eigenvalue weighted by atomic mass is 79.9. The topological polar surface area (TPSA) is 51.6 Å². The summed E-state index contributed by atoms with van der Waals surface area (Å²) in [6.45, 7) is 0.564. The summed E-state index contributed by atoms with van der Waals surface area (Å²) in [4.78, 5) is 3.61. The number of ether oxygens (including phenoxy) is 2. The van der Waals surface area contributed by atoms with E-state index < -0.39 is 11.7 Å². The van der Waals surface area contributed by atoms with Crippen molar-refractivity contribution >= 4 is 31.9 Å². The Hall–Kier alpha value is -1.48. The van der Waals surface area contributed by atoms with Crippen LogP contribution in [-0.4, -0.2) is 23.3 Å². The fourth-order valence-corrected chi connectivity index (χ4v) is 3.12. The molecule has 1 aromatic carbocycles. The molecule has 24 heavy (non-hydrogen) atoms. The van der Waals surface area contributed by atoms with Crippen LogP contribution in [0.5, 0.6) is 17.4 Å². The fraction of sp³-hybridized carbons (Fsp3) is 0.267. The number of aromatic nitrogens is 1. The molecule has 0 bridgehead atoms. The summed E-state index contributed by atoms with van der Waals surface area (Å²) in [5, 5.41) is 9.41. The molecule has 9 heteroatoms. The molecule has 0 aliphatic heterocycles. The van der Waals surface area contributed by atoms with E-state index in [9.17, 15) is 18.3 Å². The fourth-order valence-electron chi connectivity index (χ4n) is 1.73. The van der Waals surface area contributed by atoms with Gasteiger partial charge in [-0.3, -0.25) is 0 Å². The third-order valence-corrected chi connectivity index (χ3v) is 4.01. The number of nitrogens with zero attached hydrogens (tertiary/aromatic N) is 1. The number of phenolic OH excluding ortho intramolecular Hbond substituents is 1. The van der Waals surface area contributed by atoms with Gasteiger partial charge in [0, 0.05) is 18.7 Å². The maximum absolute atomic E-state index is 12.4. The number of hydrogen-bond donors (Lipinski definition) is 1. The van der Waals surface area contributed by atoms with Crippen LogP contribution in [0.4, 0.5) is 13.2 Å². The van der Waals surface area contributed by atoms with Crippen LogP contribution in [0.1, 0.15) is 12.0 Å². The van der Waals surface area contributed by atoms with E-state index in [2.05, 4.69) is 36.8 Å². The zero-order valence-corrected chi connectivity index (χ0v) is 15.3. The van der Waals surface area contributed by atoms with Gasteiger partial charge in [0.25, 0.3) is 0 Å². The van der Waals surface area contributed by atoms with Gasteiger partial charge in [-0.1, -0.05) is 0 Å². The number of hydrogen-bond acceptors (Lipinski definition) is 4. The molecule has 2 aromatic rings. The Kier molecular flexibility index (Phi) is 6.34. The first-order chi connectivity index (χ1) is 11.3. The van der Waals surface area contributed by atoms with Crippen molar-refractivity contribution in [1.82, 2.24) is 4.98 Å². The molecule has 0 atom stereocenters. The van der Waals surface area contributed by atoms with E-state index in [-0.39, 0.29) is 18.2 Å². The first-order valence-electron chi connectivity index (χ1n) is 6.74. The smallest absolute Gasteiger partial charge is 0.417 e. The van der Waals surface area contributed by atoms with Crippen molar-refractivity contribution in [1.29, 1.82) is 0 Å². The first kappa shape index (κ1) is 18.9. The molecule has 130 valence electrons. The summed E-state index contributed by atoms with van der Waals surface area (Å²) in [6, 6.07) is 5.10. The van der Waals surface area contributed by atoms with Gasteiger partial charge in [0.1, 0.15) is 11.5 Å². The maximum Gasteiger partial charge on any atom is 0.417 e. The second kappa shape index (κ2) is 8.06. The third kappa shape index (κ3) is 5.27. The minimum Gasteiger partial charge on any atom is -0.508 e. The van der Waals surface area contributed by atoms with E-state index in [1.54, 1.807) is 0 Å². The van der Waals surface area contributed by atoms with E-state index >= 15 is 0 Å². The number of phenols is 1. The van der Waals surface area contributed by atoms with E-state index in [1.807, 2.05) is 0 Å². The van der Waals surface area contributed by atoms with Crippen LogP contribution in [0.15, 0.2) is 39.4 Å². The maximum atomic E-state index is 12.4. The lowest BCUT2D eigenvalue weighted by Crippen LogP contribution is -2.08. The van der Waals surface area contributed by atoms with Gasteiger partial charge < -0.3 is 14.6 Å². The number of aromatic hydroxyl groups is 1. The number of alkyl halides is 3. The van der Waals surface area contributed by atoms with Crippen LogP contribution in [0, 0.1) is 0 Å². The van der Waals surface area contributed by atoms with Crippen molar-refractivity contribution < 1.29 is 27.8 Å². The lowest BCUT2D eigenvalue weighted by atomic mass is 10.3. The first-order valence-corrected chi connectivity index (χ1v) is 8.33. The molecule has 1 N–H and O–H groups in total. The second-order valence-electron chi connectivity index (χ2n) is 4.67. The molecule has 0 aliphatic carbocycles. The van der Waals surface area contributed by atoms with Gasteiger partial charge in [-0.2, -0.15) is 13.2 Å². The lowest BCUT2D eigenvalue weighted by molar-refractivity contribution is -0.137. The zero-order valence-electron chi connectivity index (χ0n) is 12.1. The summed E-state index contributed by atoms with van der Waals surface area (Å²) in [6.07, 6.45) is -3.18. The standard InChI is InChI=1S/C15H12Br2F3NO3/c16-11-6-10(22)7-12(17)14(11)24-5-1-4-23-13-3-2-9(8-21-13)15(18,19)20/h2-3,6-8,22H,1,4-5H2. The van der Waals surface area contributed by atoms with Crippen molar-refractivity contribution in [3.63, 3.8) is 0 Å². The lowest BCUT2D eigenvalue weighted by Gasteiger charge is -2.11. The molecule has 0 spiro atoms. The highest BCUT2D eigenvalue weighted by molar-refractivity contribution is 9.11. The van der Waals surface area contributed by atoms with Crippen molar-refractivity contribution in [3.05, 3.63) is 45.0 Å². The SMILES string of the molecule is Oc1cc(Br)c(OCCCOc2ccc(C(F)(F)F)cn2)c(Br)c1. The van der Waals surface area contributed by atoms with Gasteiger partial charge in [-0.05, 0) is 50.1 Å². The molecule has 0 aliphatic rings. The average Bonchev–Trinajstić information content (AvgIpc) is 2.48. The van der Waals surface area contributed by atoms with Gasteiger partial charge in [0.2, 0.25) is 5.88 Å². The molecule has 0 radical (unpaired) electrons. The molecule has 0 saturated carbocycles. The van der Waals surface area contributed by atoms with Crippen LogP contribution in [0.25, 0.3) is 0 Å². The molecular formula is C15H12Br2F3NO3. The Morgan fingerprint density at radius 1 is 1.04 bits per heavy atom. The van der Waals surface area contributed by atoms with Gasteiger partial charge in [0.15, 0.2) is 0 Å². The second-order valence-corrected chi connectivity index (χ2v) is 6.38. The number of pyridine rings is 1. The summed E-state index contributed by atoms with van der Waals surface area (Å²) >= 11 is 6.56. The van der Waals surface area contributed by atoms with Crippen LogP contribution in [-0.2, 0) is 6.18 Å². The van der Waals surface area contributed by atoms with Gasteiger partial charge >= 0.3 is 6.18 Å².